The highest BCUT2D eigenvalue weighted by Gasteiger charge is 2.14. The molecule has 2 aromatic carbocycles. The maximum Gasteiger partial charge on any atom is 0.287 e. The number of hydrogen-bond acceptors (Lipinski definition) is 6. The van der Waals surface area contributed by atoms with Gasteiger partial charge in [0, 0.05) is 24.6 Å². The smallest absolute Gasteiger partial charge is 0.287 e. The minimum absolute atomic E-state index is 0.0232. The third kappa shape index (κ3) is 3.94. The van der Waals surface area contributed by atoms with Gasteiger partial charge in [0.05, 0.1) is 5.39 Å². The zero-order chi connectivity index (χ0) is 20.4. The van der Waals surface area contributed by atoms with E-state index in [1.807, 2.05) is 50.2 Å². The van der Waals surface area contributed by atoms with Crippen LogP contribution in [0.3, 0.4) is 0 Å². The molecule has 1 N–H and O–H groups in total. The maximum absolute atomic E-state index is 12.4. The minimum atomic E-state index is -0.466. The predicted octanol–water partition coefficient (Wildman–Crippen LogP) is 3.43. The highest BCUT2D eigenvalue weighted by Crippen LogP contribution is 2.19. The largest absolute Gasteiger partial charge is 0.450 e. The Hall–Kier alpha value is -3.74. The number of aryl methyl sites for hydroxylation is 2. The van der Waals surface area contributed by atoms with E-state index in [1.54, 1.807) is 6.07 Å². The lowest BCUT2D eigenvalue weighted by atomic mass is 10.1. The number of carbonyl (C=O) groups excluding carboxylic acids is 1. The number of benzene rings is 2. The van der Waals surface area contributed by atoms with Gasteiger partial charge in [-0.1, -0.05) is 41.6 Å². The molecule has 0 unspecified atom stereocenters. The Balaban J connectivity index is 1.44. The SMILES string of the molecule is Cc1cc(C)c2oc(C(=O)NCCc3nc(-c4ccccc4)no3)cc(=O)c2c1. The minimum Gasteiger partial charge on any atom is -0.450 e. The number of fused-ring (bicyclic) bond motifs is 1. The monoisotopic (exact) mass is 389 g/mol. The van der Waals surface area contributed by atoms with Crippen LogP contribution in [0.4, 0.5) is 0 Å². The van der Waals surface area contributed by atoms with Crippen LogP contribution < -0.4 is 10.7 Å². The third-order valence-electron chi connectivity index (χ3n) is 4.51. The van der Waals surface area contributed by atoms with Crippen LogP contribution in [0, 0.1) is 13.8 Å². The lowest BCUT2D eigenvalue weighted by Crippen LogP contribution is -2.26. The van der Waals surface area contributed by atoms with E-state index in [0.29, 0.717) is 29.1 Å². The Bertz CT molecular complexity index is 1240. The van der Waals surface area contributed by atoms with E-state index in [1.165, 1.54) is 6.07 Å². The predicted molar refractivity (Wildman–Crippen MR) is 108 cm³/mol. The van der Waals surface area contributed by atoms with Gasteiger partial charge in [-0.25, -0.2) is 0 Å². The summed E-state index contributed by atoms with van der Waals surface area (Å²) in [4.78, 5) is 29.1. The second kappa shape index (κ2) is 7.71. The quantitative estimate of drug-likeness (QED) is 0.561. The van der Waals surface area contributed by atoms with Crippen LogP contribution in [0.25, 0.3) is 22.4 Å². The second-order valence-corrected chi connectivity index (χ2v) is 6.82. The number of carbonyl (C=O) groups is 1. The topological polar surface area (TPSA) is 98.2 Å². The van der Waals surface area contributed by atoms with Gasteiger partial charge >= 0.3 is 0 Å². The summed E-state index contributed by atoms with van der Waals surface area (Å²) in [6, 6.07) is 14.4. The van der Waals surface area contributed by atoms with Crippen molar-refractivity contribution in [3.8, 4) is 11.4 Å². The van der Waals surface area contributed by atoms with E-state index >= 15 is 0 Å². The van der Waals surface area contributed by atoms with E-state index < -0.39 is 5.91 Å². The molecule has 0 radical (unpaired) electrons. The first kappa shape index (κ1) is 18.6. The molecule has 4 rings (SSSR count). The Morgan fingerprint density at radius 2 is 1.90 bits per heavy atom. The van der Waals surface area contributed by atoms with Crippen LogP contribution in [0.15, 0.2) is 62.3 Å². The summed E-state index contributed by atoms with van der Waals surface area (Å²) in [5.41, 5.74) is 2.82. The number of rotatable bonds is 5. The average molecular weight is 389 g/mol. The van der Waals surface area contributed by atoms with Crippen LogP contribution in [0.2, 0.25) is 0 Å². The van der Waals surface area contributed by atoms with Crippen molar-refractivity contribution in [2.45, 2.75) is 20.3 Å². The molecule has 4 aromatic rings. The molecule has 0 saturated heterocycles. The van der Waals surface area contributed by atoms with E-state index in [9.17, 15) is 9.59 Å². The molecule has 2 heterocycles. The molecule has 0 aliphatic heterocycles. The molecule has 0 fully saturated rings. The van der Waals surface area contributed by atoms with Gasteiger partial charge in [-0.15, -0.1) is 0 Å². The highest BCUT2D eigenvalue weighted by molar-refractivity contribution is 5.93. The summed E-state index contributed by atoms with van der Waals surface area (Å²) in [7, 11) is 0. The molecule has 146 valence electrons. The summed E-state index contributed by atoms with van der Waals surface area (Å²) >= 11 is 0. The molecule has 1 amide bonds. The Morgan fingerprint density at radius 3 is 2.69 bits per heavy atom. The lowest BCUT2D eigenvalue weighted by Gasteiger charge is -2.06. The molecular formula is C22H19N3O4. The van der Waals surface area contributed by atoms with Gasteiger partial charge in [-0.2, -0.15) is 4.98 Å². The molecule has 0 aliphatic carbocycles. The number of nitrogens with zero attached hydrogens (tertiary/aromatic N) is 2. The third-order valence-corrected chi connectivity index (χ3v) is 4.51. The van der Waals surface area contributed by atoms with Crippen molar-refractivity contribution >= 4 is 16.9 Å². The molecule has 29 heavy (non-hydrogen) atoms. The first-order valence-corrected chi connectivity index (χ1v) is 9.22. The molecule has 2 aromatic heterocycles. The fourth-order valence-corrected chi connectivity index (χ4v) is 3.15. The van der Waals surface area contributed by atoms with Crippen LogP contribution in [0.5, 0.6) is 0 Å². The molecule has 0 atom stereocenters. The van der Waals surface area contributed by atoms with Gasteiger partial charge < -0.3 is 14.3 Å². The Labute approximate surface area is 166 Å². The summed E-state index contributed by atoms with van der Waals surface area (Å²) in [6.45, 7) is 4.02. The van der Waals surface area contributed by atoms with Gasteiger partial charge in [-0.05, 0) is 31.0 Å². The molecule has 0 bridgehead atoms. The number of nitrogens with one attached hydrogen (secondary N) is 1. The van der Waals surface area contributed by atoms with Crippen LogP contribution in [0.1, 0.15) is 27.6 Å². The molecule has 0 saturated carbocycles. The number of aromatic nitrogens is 2. The van der Waals surface area contributed by atoms with Crippen LogP contribution in [-0.4, -0.2) is 22.6 Å². The van der Waals surface area contributed by atoms with Crippen molar-refractivity contribution < 1.29 is 13.7 Å². The van der Waals surface area contributed by atoms with Crippen molar-refractivity contribution in [3.63, 3.8) is 0 Å². The zero-order valence-electron chi connectivity index (χ0n) is 16.1. The van der Waals surface area contributed by atoms with Gasteiger partial charge in [0.25, 0.3) is 5.91 Å². The number of amides is 1. The second-order valence-electron chi connectivity index (χ2n) is 6.82. The van der Waals surface area contributed by atoms with Crippen LogP contribution >= 0.6 is 0 Å². The molecule has 7 heteroatoms. The van der Waals surface area contributed by atoms with Crippen molar-refractivity contribution in [3.05, 3.63) is 81.5 Å². The summed E-state index contributed by atoms with van der Waals surface area (Å²) in [5, 5.41) is 7.14. The zero-order valence-corrected chi connectivity index (χ0v) is 16.1. The number of hydrogen-bond donors (Lipinski definition) is 1. The first-order chi connectivity index (χ1) is 14.0. The standard InChI is InChI=1S/C22H19N3O4/c1-13-10-14(2)20-16(11-13)17(26)12-18(28-20)22(27)23-9-8-19-24-21(25-29-19)15-6-4-3-5-7-15/h3-7,10-12H,8-9H2,1-2H3,(H,23,27). The van der Waals surface area contributed by atoms with Crippen LogP contribution in [-0.2, 0) is 6.42 Å². The summed E-state index contributed by atoms with van der Waals surface area (Å²) in [5.74, 6) is 0.422. The summed E-state index contributed by atoms with van der Waals surface area (Å²) in [6.07, 6.45) is 0.363. The van der Waals surface area contributed by atoms with Crippen molar-refractivity contribution in [2.75, 3.05) is 6.54 Å². The molecule has 0 aliphatic rings. The fourth-order valence-electron chi connectivity index (χ4n) is 3.15. The average Bonchev–Trinajstić information content (AvgIpc) is 3.18. The van der Waals surface area contributed by atoms with Gasteiger partial charge in [-0.3, -0.25) is 9.59 Å². The Morgan fingerprint density at radius 1 is 1.10 bits per heavy atom. The lowest BCUT2D eigenvalue weighted by molar-refractivity contribution is 0.0926. The fraction of sp³-hybridized carbons (Fsp3) is 0.182. The van der Waals surface area contributed by atoms with E-state index in [2.05, 4.69) is 15.5 Å². The summed E-state index contributed by atoms with van der Waals surface area (Å²) < 4.78 is 10.9. The molecule has 7 nitrogen and oxygen atoms in total. The maximum atomic E-state index is 12.4. The van der Waals surface area contributed by atoms with Gasteiger partial charge in [0.1, 0.15) is 5.58 Å². The molecule has 0 spiro atoms. The van der Waals surface area contributed by atoms with E-state index in [4.69, 9.17) is 8.94 Å². The molecular weight excluding hydrogens is 370 g/mol. The van der Waals surface area contributed by atoms with Gasteiger partial charge in [0.2, 0.25) is 11.7 Å². The highest BCUT2D eigenvalue weighted by atomic mass is 16.5. The van der Waals surface area contributed by atoms with Gasteiger partial charge in [0.15, 0.2) is 11.2 Å². The van der Waals surface area contributed by atoms with E-state index in [-0.39, 0.29) is 17.7 Å². The van der Waals surface area contributed by atoms with Crippen molar-refractivity contribution in [1.82, 2.24) is 15.5 Å². The van der Waals surface area contributed by atoms with E-state index in [0.717, 1.165) is 16.7 Å². The Kier molecular flexibility index (Phi) is 4.95. The van der Waals surface area contributed by atoms with Crippen molar-refractivity contribution in [1.29, 1.82) is 0 Å². The first-order valence-electron chi connectivity index (χ1n) is 9.22. The van der Waals surface area contributed by atoms with Crippen molar-refractivity contribution in [2.24, 2.45) is 0 Å². The normalized spacial score (nSPS) is 11.0.